The number of furan rings is 1. The number of carbonyl (C=O) groups is 1. The number of aryl methyl sites for hydroxylation is 1. The van der Waals surface area contributed by atoms with Gasteiger partial charge in [-0.15, -0.1) is 10.2 Å². The number of carbonyl (C=O) groups excluding carboxylic acids is 1. The van der Waals surface area contributed by atoms with Crippen molar-refractivity contribution in [2.45, 2.75) is 50.9 Å². The average molecular weight is 643 g/mol. The lowest BCUT2D eigenvalue weighted by Crippen LogP contribution is -2.44. The number of para-hydroxylation sites is 1. The zero-order valence-electron chi connectivity index (χ0n) is 25.6. The Morgan fingerprint density at radius 3 is 2.34 bits per heavy atom. The van der Waals surface area contributed by atoms with Crippen LogP contribution in [0, 0.1) is 12.7 Å². The molecule has 0 fully saturated rings. The first-order valence-electron chi connectivity index (χ1n) is 14.0. The molecule has 0 saturated heterocycles. The van der Waals surface area contributed by atoms with Crippen LogP contribution in [0.4, 0.5) is 10.3 Å². The smallest absolute Gasteiger partial charge is 0.339 e. The first-order valence-corrected chi connectivity index (χ1v) is 19.2. The summed E-state index contributed by atoms with van der Waals surface area (Å²) in [4.78, 5) is 12.6. The molecule has 2 atom stereocenters. The lowest BCUT2D eigenvalue weighted by atomic mass is 10.0. The largest absolute Gasteiger partial charge is 0.494 e. The molecule has 1 aliphatic rings. The van der Waals surface area contributed by atoms with E-state index in [-0.39, 0.29) is 23.9 Å². The summed E-state index contributed by atoms with van der Waals surface area (Å²) in [6.45, 7) is 9.73. The van der Waals surface area contributed by atoms with Crippen molar-refractivity contribution < 1.29 is 36.2 Å². The molecule has 0 amide bonds. The summed E-state index contributed by atoms with van der Waals surface area (Å²) in [7, 11) is -3.15. The summed E-state index contributed by atoms with van der Waals surface area (Å²) in [5, 5.41) is 7.56. The predicted molar refractivity (Wildman–Crippen MR) is 165 cm³/mol. The maximum atomic E-state index is 14.7. The number of ether oxygens (including phenoxy) is 3. The van der Waals surface area contributed by atoms with E-state index in [1.807, 2.05) is 0 Å². The second-order valence-corrected chi connectivity index (χ2v) is 19.6. The fourth-order valence-corrected chi connectivity index (χ4v) is 7.75. The quantitative estimate of drug-likeness (QED) is 0.148. The number of sulfonamides is 1. The number of cyclic esters (lactones) is 1. The van der Waals surface area contributed by atoms with E-state index < -0.39 is 41.2 Å². The number of rotatable bonds is 11. The van der Waals surface area contributed by atoms with E-state index in [9.17, 15) is 17.6 Å². The van der Waals surface area contributed by atoms with E-state index in [1.54, 1.807) is 41.8 Å². The molecule has 44 heavy (non-hydrogen) atoms. The molecule has 5 rings (SSSR count). The maximum absolute atomic E-state index is 14.7. The third-order valence-electron chi connectivity index (χ3n) is 7.50. The van der Waals surface area contributed by atoms with Crippen molar-refractivity contribution in [3.05, 3.63) is 71.2 Å². The monoisotopic (exact) mass is 642 g/mol. The van der Waals surface area contributed by atoms with Crippen LogP contribution in [-0.2, 0) is 14.8 Å². The number of esters is 1. The Balaban J connectivity index is 1.73. The topological polar surface area (TPSA) is 126 Å². The lowest BCUT2D eigenvalue weighted by molar-refractivity contribution is 0.0385. The van der Waals surface area contributed by atoms with Crippen molar-refractivity contribution in [1.82, 2.24) is 14.8 Å². The minimum absolute atomic E-state index is 0.00287. The van der Waals surface area contributed by atoms with Gasteiger partial charge < -0.3 is 18.6 Å². The van der Waals surface area contributed by atoms with E-state index >= 15 is 0 Å². The first kappa shape index (κ1) is 31.3. The summed E-state index contributed by atoms with van der Waals surface area (Å²) < 4.78 is 68.9. The highest BCUT2D eigenvalue weighted by atomic mass is 32.2. The number of aromatic nitrogens is 3. The molecule has 4 aromatic rings. The molecule has 2 aromatic carbocycles. The average Bonchev–Trinajstić information content (AvgIpc) is 3.68. The standard InChI is InChI=1S/C30H35FN4O7SSi/c1-18-11-14-25(41-18)28-32-33-30(35(28)26-23(39-3)9-8-10-24(26)40-4)34(15-16-44(5,6)7)43(37,38)19(2)27-21-13-12-20(31)17-22(21)29(36)42-27/h8-14,17,19,27H,15-16H2,1-7H3/t19-,27-/m1/s1. The van der Waals surface area contributed by atoms with Gasteiger partial charge in [0.2, 0.25) is 21.8 Å². The highest BCUT2D eigenvalue weighted by Crippen LogP contribution is 2.42. The van der Waals surface area contributed by atoms with E-state index in [0.717, 1.165) is 6.07 Å². The van der Waals surface area contributed by atoms with Crippen molar-refractivity contribution in [2.75, 3.05) is 25.1 Å². The highest BCUT2D eigenvalue weighted by molar-refractivity contribution is 7.93. The van der Waals surface area contributed by atoms with Crippen molar-refractivity contribution in [3.63, 3.8) is 0 Å². The van der Waals surface area contributed by atoms with Gasteiger partial charge in [-0.3, -0.25) is 4.57 Å². The second-order valence-electron chi connectivity index (χ2n) is 11.8. The summed E-state index contributed by atoms with van der Waals surface area (Å²) >= 11 is 0. The van der Waals surface area contributed by atoms with Gasteiger partial charge in [-0.25, -0.2) is 21.9 Å². The summed E-state index contributed by atoms with van der Waals surface area (Å²) in [6.07, 6.45) is -1.16. The molecule has 11 nitrogen and oxygen atoms in total. The Bertz CT molecular complexity index is 1790. The number of hydrogen-bond donors (Lipinski definition) is 0. The molecule has 0 N–H and O–H groups in total. The highest BCUT2D eigenvalue weighted by Gasteiger charge is 2.45. The molecule has 3 heterocycles. The fourth-order valence-electron chi connectivity index (χ4n) is 5.09. The van der Waals surface area contributed by atoms with Crippen LogP contribution >= 0.6 is 0 Å². The van der Waals surface area contributed by atoms with E-state index in [0.29, 0.717) is 40.3 Å². The summed E-state index contributed by atoms with van der Waals surface area (Å²) in [6, 6.07) is 12.9. The van der Waals surface area contributed by atoms with Crippen LogP contribution < -0.4 is 13.8 Å². The van der Waals surface area contributed by atoms with E-state index in [1.165, 1.54) is 37.6 Å². The number of nitrogens with zero attached hydrogens (tertiary/aromatic N) is 4. The molecule has 0 bridgehead atoms. The third kappa shape index (κ3) is 5.71. The van der Waals surface area contributed by atoms with Crippen LogP contribution in [0.5, 0.6) is 11.5 Å². The normalized spacial score (nSPS) is 15.5. The first-order chi connectivity index (χ1) is 20.8. The summed E-state index contributed by atoms with van der Waals surface area (Å²) in [5.41, 5.74) is 0.677. The van der Waals surface area contributed by atoms with Gasteiger partial charge in [0, 0.05) is 20.2 Å². The van der Waals surface area contributed by atoms with Crippen LogP contribution in [0.15, 0.2) is 52.9 Å². The van der Waals surface area contributed by atoms with Crippen molar-refractivity contribution in [3.8, 4) is 28.8 Å². The van der Waals surface area contributed by atoms with Gasteiger partial charge >= 0.3 is 5.97 Å². The molecule has 0 spiro atoms. The van der Waals surface area contributed by atoms with E-state index in [4.69, 9.17) is 18.6 Å². The van der Waals surface area contributed by atoms with Crippen LogP contribution in [0.1, 0.15) is 34.7 Å². The molecule has 0 unspecified atom stereocenters. The minimum Gasteiger partial charge on any atom is -0.494 e. The third-order valence-corrected chi connectivity index (χ3v) is 11.4. The van der Waals surface area contributed by atoms with Gasteiger partial charge in [-0.1, -0.05) is 31.8 Å². The van der Waals surface area contributed by atoms with Gasteiger partial charge in [-0.2, -0.15) is 0 Å². The van der Waals surface area contributed by atoms with Crippen molar-refractivity contribution >= 4 is 30.0 Å². The lowest BCUT2D eigenvalue weighted by Gasteiger charge is -2.31. The SMILES string of the molecule is COc1cccc(OC)c1-n1c(-c2ccc(C)o2)nnc1N(CC[Si](C)(C)C)S(=O)(=O)[C@H](C)[C@H]1OC(=O)c2cc(F)ccc21. The molecule has 0 aliphatic carbocycles. The number of anilines is 1. The number of methoxy groups -OCH3 is 2. The number of benzene rings is 2. The second kappa shape index (κ2) is 11.7. The van der Waals surface area contributed by atoms with Gasteiger partial charge in [0.05, 0.1) is 19.8 Å². The van der Waals surface area contributed by atoms with Crippen molar-refractivity contribution in [1.29, 1.82) is 0 Å². The molecular formula is C30H35FN4O7SSi. The molecule has 1 aliphatic heterocycles. The van der Waals surface area contributed by atoms with Crippen LogP contribution in [-0.4, -0.2) is 63.2 Å². The summed E-state index contributed by atoms with van der Waals surface area (Å²) in [5.74, 6) is 0.544. The molecule has 0 saturated carbocycles. The zero-order valence-corrected chi connectivity index (χ0v) is 27.4. The Labute approximate surface area is 256 Å². The molecule has 0 radical (unpaired) electrons. The van der Waals surface area contributed by atoms with Crippen LogP contribution in [0.25, 0.3) is 17.3 Å². The predicted octanol–water partition coefficient (Wildman–Crippen LogP) is 5.77. The maximum Gasteiger partial charge on any atom is 0.339 e. The Kier molecular flexibility index (Phi) is 8.33. The van der Waals surface area contributed by atoms with Crippen molar-refractivity contribution in [2.24, 2.45) is 0 Å². The Morgan fingerprint density at radius 1 is 1.07 bits per heavy atom. The van der Waals surface area contributed by atoms with Gasteiger partial charge in [-0.05, 0) is 56.3 Å². The fraction of sp³-hybridized carbons (Fsp3) is 0.367. The number of hydrogen-bond acceptors (Lipinski definition) is 9. The minimum atomic E-state index is -4.32. The van der Waals surface area contributed by atoms with Gasteiger partial charge in [0.1, 0.15) is 40.1 Å². The zero-order chi connectivity index (χ0) is 32.0. The van der Waals surface area contributed by atoms with Gasteiger partial charge in [0.15, 0.2) is 5.76 Å². The van der Waals surface area contributed by atoms with E-state index in [2.05, 4.69) is 29.8 Å². The molecule has 234 valence electrons. The van der Waals surface area contributed by atoms with Crippen LogP contribution in [0.3, 0.4) is 0 Å². The molecule has 14 heteroatoms. The Hall–Kier alpha value is -4.17. The van der Waals surface area contributed by atoms with Crippen LogP contribution in [0.2, 0.25) is 25.7 Å². The molecular weight excluding hydrogens is 608 g/mol. The van der Waals surface area contributed by atoms with Gasteiger partial charge in [0.25, 0.3) is 0 Å². The number of fused-ring (bicyclic) bond motifs is 1. The Morgan fingerprint density at radius 2 is 1.75 bits per heavy atom. The molecule has 2 aromatic heterocycles. The number of halogens is 1.